The van der Waals surface area contributed by atoms with Crippen LogP contribution < -0.4 is 4.74 Å². The highest BCUT2D eigenvalue weighted by Crippen LogP contribution is 2.21. The van der Waals surface area contributed by atoms with Crippen LogP contribution in [0.5, 0.6) is 5.75 Å². The van der Waals surface area contributed by atoms with Crippen LogP contribution in [0, 0.1) is 5.92 Å². The molecule has 0 bridgehead atoms. The zero-order chi connectivity index (χ0) is 23.5. The van der Waals surface area contributed by atoms with E-state index in [-0.39, 0.29) is 5.97 Å². The summed E-state index contributed by atoms with van der Waals surface area (Å²) in [5, 5.41) is 0. The molecule has 4 heteroatoms. The second kappa shape index (κ2) is 12.9. The Hall–Kier alpha value is -3.01. The minimum absolute atomic E-state index is 0.350. The highest BCUT2D eigenvalue weighted by molar-refractivity contribution is 5.91. The fourth-order valence-electron chi connectivity index (χ4n) is 3.73. The van der Waals surface area contributed by atoms with Crippen LogP contribution in [0.25, 0.3) is 11.4 Å². The van der Waals surface area contributed by atoms with Crippen LogP contribution in [0.15, 0.2) is 60.9 Å². The second-order valence-corrected chi connectivity index (χ2v) is 8.91. The number of esters is 1. The molecule has 0 spiro atoms. The summed E-state index contributed by atoms with van der Waals surface area (Å²) >= 11 is 0. The third-order valence-corrected chi connectivity index (χ3v) is 6.07. The fourth-order valence-corrected chi connectivity index (χ4v) is 3.73. The quantitative estimate of drug-likeness (QED) is 0.165. The molecule has 0 radical (unpaired) electrons. The first-order valence-electron chi connectivity index (χ1n) is 12.3. The summed E-state index contributed by atoms with van der Waals surface area (Å²) in [5.74, 6) is 1.48. The lowest BCUT2D eigenvalue weighted by Gasteiger charge is -2.09. The molecule has 0 saturated heterocycles. The van der Waals surface area contributed by atoms with Gasteiger partial charge in [0.05, 0.1) is 5.56 Å². The van der Waals surface area contributed by atoms with Crippen LogP contribution in [0.3, 0.4) is 0 Å². The Morgan fingerprint density at radius 2 is 1.52 bits per heavy atom. The lowest BCUT2D eigenvalue weighted by atomic mass is 9.98. The lowest BCUT2D eigenvalue weighted by Crippen LogP contribution is -2.08. The van der Waals surface area contributed by atoms with Crippen molar-refractivity contribution in [1.82, 2.24) is 9.97 Å². The van der Waals surface area contributed by atoms with Crippen molar-refractivity contribution in [3.63, 3.8) is 0 Å². The Balaban J connectivity index is 1.53. The molecule has 4 nitrogen and oxygen atoms in total. The summed E-state index contributed by atoms with van der Waals surface area (Å²) in [5.41, 5.74) is 3.88. The first-order valence-corrected chi connectivity index (χ1v) is 12.3. The number of aryl methyl sites for hydroxylation is 1. The Kier molecular flexibility index (Phi) is 9.61. The van der Waals surface area contributed by atoms with Gasteiger partial charge in [0.2, 0.25) is 0 Å². The molecule has 174 valence electrons. The topological polar surface area (TPSA) is 52.1 Å². The van der Waals surface area contributed by atoms with E-state index >= 15 is 0 Å². The number of unbranched alkanes of at least 4 members (excludes halogenated alkanes) is 4. The number of nitrogens with zero attached hydrogens (tertiary/aromatic N) is 2. The first-order chi connectivity index (χ1) is 16.1. The summed E-state index contributed by atoms with van der Waals surface area (Å²) in [4.78, 5) is 21.5. The van der Waals surface area contributed by atoms with Gasteiger partial charge in [0.1, 0.15) is 5.75 Å². The highest BCUT2D eigenvalue weighted by Gasteiger charge is 2.10. The average molecular weight is 445 g/mol. The number of carbonyl (C=O) groups excluding carboxylic acids is 1. The van der Waals surface area contributed by atoms with Gasteiger partial charge in [-0.25, -0.2) is 14.8 Å². The van der Waals surface area contributed by atoms with Crippen molar-refractivity contribution in [3.05, 3.63) is 77.6 Å². The van der Waals surface area contributed by atoms with Crippen LogP contribution in [0.2, 0.25) is 0 Å². The van der Waals surface area contributed by atoms with Crippen LogP contribution in [-0.2, 0) is 12.8 Å². The molecule has 0 aliphatic rings. The van der Waals surface area contributed by atoms with E-state index < -0.39 is 0 Å². The highest BCUT2D eigenvalue weighted by atomic mass is 16.5. The number of benzene rings is 2. The number of rotatable bonds is 12. The Morgan fingerprint density at radius 1 is 0.848 bits per heavy atom. The predicted octanol–water partition coefficient (Wildman–Crippen LogP) is 7.46. The van der Waals surface area contributed by atoms with Gasteiger partial charge in [0.25, 0.3) is 0 Å². The van der Waals surface area contributed by atoms with E-state index in [1.807, 2.05) is 48.8 Å². The molecule has 3 rings (SSSR count). The van der Waals surface area contributed by atoms with E-state index in [4.69, 9.17) is 4.74 Å². The number of ether oxygens (including phenoxy) is 1. The number of hydrogen-bond acceptors (Lipinski definition) is 4. The summed E-state index contributed by atoms with van der Waals surface area (Å²) in [7, 11) is 0. The molecule has 0 saturated carbocycles. The molecule has 1 aromatic heterocycles. The maximum atomic E-state index is 12.5. The van der Waals surface area contributed by atoms with Crippen LogP contribution >= 0.6 is 0 Å². The van der Waals surface area contributed by atoms with Crippen molar-refractivity contribution < 1.29 is 9.53 Å². The average Bonchev–Trinajstić information content (AvgIpc) is 2.85. The van der Waals surface area contributed by atoms with Gasteiger partial charge in [0.15, 0.2) is 5.82 Å². The lowest BCUT2D eigenvalue weighted by molar-refractivity contribution is 0.0735. The third kappa shape index (κ3) is 7.81. The van der Waals surface area contributed by atoms with Gasteiger partial charge in [0, 0.05) is 18.0 Å². The van der Waals surface area contributed by atoms with Crippen molar-refractivity contribution in [3.8, 4) is 17.1 Å². The molecule has 33 heavy (non-hydrogen) atoms. The Morgan fingerprint density at radius 3 is 2.15 bits per heavy atom. The standard InChI is InChI=1S/C29H36N2O2/c1-4-6-7-8-9-10-24-20-30-28(31-21-24)25-15-17-27(18-16-25)33-29(32)26-13-11-23(12-14-26)19-22(3)5-2/h11-18,20-22H,4-10,19H2,1-3H3. The largest absolute Gasteiger partial charge is 0.423 e. The molecule has 2 aromatic carbocycles. The van der Waals surface area contributed by atoms with Gasteiger partial charge in [-0.3, -0.25) is 0 Å². The van der Waals surface area contributed by atoms with Crippen LogP contribution in [0.1, 0.15) is 80.8 Å². The molecule has 0 fully saturated rings. The van der Waals surface area contributed by atoms with Gasteiger partial charge in [-0.05, 0) is 72.7 Å². The van der Waals surface area contributed by atoms with E-state index in [1.165, 1.54) is 43.2 Å². The van der Waals surface area contributed by atoms with Gasteiger partial charge < -0.3 is 4.74 Å². The Labute approximate surface area is 198 Å². The molecular weight excluding hydrogens is 408 g/mol. The molecule has 1 heterocycles. The monoisotopic (exact) mass is 444 g/mol. The normalized spacial score (nSPS) is 11.8. The van der Waals surface area contributed by atoms with Crippen molar-refractivity contribution >= 4 is 5.97 Å². The molecule has 0 amide bonds. The molecule has 0 aliphatic carbocycles. The van der Waals surface area contributed by atoms with E-state index in [2.05, 4.69) is 30.7 Å². The summed E-state index contributed by atoms with van der Waals surface area (Å²) in [6.45, 7) is 6.66. The maximum Gasteiger partial charge on any atom is 0.343 e. The zero-order valence-corrected chi connectivity index (χ0v) is 20.2. The molecule has 1 atom stereocenters. The fraction of sp³-hybridized carbons (Fsp3) is 0.414. The van der Waals surface area contributed by atoms with Crippen molar-refractivity contribution in [2.45, 2.75) is 72.1 Å². The minimum Gasteiger partial charge on any atom is -0.423 e. The smallest absolute Gasteiger partial charge is 0.343 e. The van der Waals surface area contributed by atoms with Crippen molar-refractivity contribution in [2.24, 2.45) is 5.92 Å². The van der Waals surface area contributed by atoms with Crippen molar-refractivity contribution in [2.75, 3.05) is 0 Å². The molecule has 0 aliphatic heterocycles. The SMILES string of the molecule is CCCCCCCc1cnc(-c2ccc(OC(=O)c3ccc(CC(C)CC)cc3)cc2)nc1. The van der Waals surface area contributed by atoms with Gasteiger partial charge >= 0.3 is 5.97 Å². The van der Waals surface area contributed by atoms with E-state index in [0.717, 1.165) is 24.8 Å². The zero-order valence-electron chi connectivity index (χ0n) is 20.2. The van der Waals surface area contributed by atoms with Gasteiger partial charge in [-0.1, -0.05) is 65.0 Å². The first kappa shape index (κ1) is 24.6. The van der Waals surface area contributed by atoms with Gasteiger partial charge in [-0.15, -0.1) is 0 Å². The summed E-state index contributed by atoms with van der Waals surface area (Å²) in [6.07, 6.45) is 13.4. The van der Waals surface area contributed by atoms with E-state index in [9.17, 15) is 4.79 Å². The predicted molar refractivity (Wildman–Crippen MR) is 134 cm³/mol. The molecular formula is C29H36N2O2. The molecule has 0 N–H and O–H groups in total. The minimum atomic E-state index is -0.350. The number of aromatic nitrogens is 2. The Bertz CT molecular complexity index is 980. The third-order valence-electron chi connectivity index (χ3n) is 6.07. The summed E-state index contributed by atoms with van der Waals surface area (Å²) in [6, 6.07) is 15.1. The summed E-state index contributed by atoms with van der Waals surface area (Å²) < 4.78 is 5.55. The van der Waals surface area contributed by atoms with Crippen molar-refractivity contribution in [1.29, 1.82) is 0 Å². The number of hydrogen-bond donors (Lipinski definition) is 0. The number of carbonyl (C=O) groups is 1. The van der Waals surface area contributed by atoms with Crippen LogP contribution in [0.4, 0.5) is 0 Å². The molecule has 1 unspecified atom stereocenters. The van der Waals surface area contributed by atoms with Gasteiger partial charge in [-0.2, -0.15) is 0 Å². The second-order valence-electron chi connectivity index (χ2n) is 8.91. The van der Waals surface area contributed by atoms with E-state index in [1.54, 1.807) is 12.1 Å². The van der Waals surface area contributed by atoms with E-state index in [0.29, 0.717) is 23.1 Å². The maximum absolute atomic E-state index is 12.5. The van der Waals surface area contributed by atoms with Crippen LogP contribution in [-0.4, -0.2) is 15.9 Å². The molecule has 3 aromatic rings.